The van der Waals surface area contributed by atoms with E-state index >= 15 is 0 Å². The number of nitrogens with two attached hydrogens (primary N) is 1. The molecule has 0 unspecified atom stereocenters. The Hall–Kier alpha value is -1.85. The van der Waals surface area contributed by atoms with Crippen LogP contribution in [-0.2, 0) is 0 Å². The summed E-state index contributed by atoms with van der Waals surface area (Å²) in [5.74, 6) is 0. The van der Waals surface area contributed by atoms with Gasteiger partial charge in [-0.15, -0.1) is 0 Å². The Morgan fingerprint density at radius 2 is 1.94 bits per heavy atom. The maximum atomic E-state index is 9.31. The third-order valence-corrected chi connectivity index (χ3v) is 2.99. The molecule has 1 heterocycles. The highest BCUT2D eigenvalue weighted by molar-refractivity contribution is 6.00. The molecule has 0 atom stereocenters. The van der Waals surface area contributed by atoms with E-state index in [4.69, 9.17) is 5.73 Å². The molecule has 0 bridgehead atoms. The van der Waals surface area contributed by atoms with Crippen molar-refractivity contribution in [1.29, 1.82) is 0 Å². The number of nitrogens with one attached hydrogen (secondary N) is 1. The number of nitrogens with zero attached hydrogens (tertiary/aromatic N) is 1. The van der Waals surface area contributed by atoms with Crippen molar-refractivity contribution in [3.8, 4) is 0 Å². The highest BCUT2D eigenvalue weighted by Crippen LogP contribution is 2.29. The molecule has 1 aromatic carbocycles. The smallest absolute Gasteiger partial charge is 0.0806 e. The summed E-state index contributed by atoms with van der Waals surface area (Å²) in [4.78, 5) is 4.08. The van der Waals surface area contributed by atoms with Gasteiger partial charge in [0, 0.05) is 34.5 Å². The molecule has 1 aromatic heterocycles. The summed E-state index contributed by atoms with van der Waals surface area (Å²) < 4.78 is 0. The number of nitrogen functional groups attached to an aromatic ring is 1. The maximum absolute atomic E-state index is 9.31. The van der Waals surface area contributed by atoms with Gasteiger partial charge in [-0.25, -0.2) is 0 Å². The number of aliphatic hydroxyl groups is 2. The Morgan fingerprint density at radius 1 is 1.22 bits per heavy atom. The summed E-state index contributed by atoms with van der Waals surface area (Å²) in [5, 5.41) is 23.5. The van der Waals surface area contributed by atoms with Crippen LogP contribution in [0.3, 0.4) is 0 Å². The van der Waals surface area contributed by atoms with Crippen molar-refractivity contribution >= 4 is 22.1 Å². The molecule has 5 heteroatoms. The van der Waals surface area contributed by atoms with Gasteiger partial charge in [0.2, 0.25) is 0 Å². The predicted molar refractivity (Wildman–Crippen MR) is 72.4 cm³/mol. The summed E-state index contributed by atoms with van der Waals surface area (Å²) in [6, 6.07) is 5.45. The maximum Gasteiger partial charge on any atom is 0.0806 e. The van der Waals surface area contributed by atoms with Crippen molar-refractivity contribution in [3.05, 3.63) is 30.6 Å². The van der Waals surface area contributed by atoms with Gasteiger partial charge in [0.05, 0.1) is 18.8 Å². The second-order valence-electron chi connectivity index (χ2n) is 4.63. The summed E-state index contributed by atoms with van der Waals surface area (Å²) in [6.45, 7) is 1.40. The number of aromatic nitrogens is 1. The van der Waals surface area contributed by atoms with Gasteiger partial charge in [0.1, 0.15) is 0 Å². The molecular formula is C13H17N3O2. The summed E-state index contributed by atoms with van der Waals surface area (Å²) in [5.41, 5.74) is 6.58. The fourth-order valence-corrected chi connectivity index (χ4v) is 1.78. The Kier molecular flexibility index (Phi) is 3.36. The number of fused-ring (bicyclic) bond motifs is 1. The van der Waals surface area contributed by atoms with Crippen molar-refractivity contribution in [3.63, 3.8) is 0 Å². The van der Waals surface area contributed by atoms with E-state index in [9.17, 15) is 10.2 Å². The lowest BCUT2D eigenvalue weighted by Gasteiger charge is -2.28. The number of hydrogen-bond acceptors (Lipinski definition) is 5. The number of pyridine rings is 1. The van der Waals surface area contributed by atoms with Gasteiger partial charge in [-0.1, -0.05) is 0 Å². The third-order valence-electron chi connectivity index (χ3n) is 2.99. The number of anilines is 2. The topological polar surface area (TPSA) is 91.4 Å². The Morgan fingerprint density at radius 3 is 2.61 bits per heavy atom. The van der Waals surface area contributed by atoms with Crippen molar-refractivity contribution in [2.75, 3.05) is 24.3 Å². The molecule has 0 spiro atoms. The fraction of sp³-hybridized carbons (Fsp3) is 0.308. The van der Waals surface area contributed by atoms with E-state index in [2.05, 4.69) is 10.3 Å². The van der Waals surface area contributed by atoms with Crippen LogP contribution in [0, 0.1) is 0 Å². The standard InChI is InChI=1S/C13H17N3O2/c1-13(7-17,8-18)16-12-3-2-11(14)9-4-5-15-6-10(9)12/h2-6,16-18H,7-8,14H2,1H3. The van der Waals surface area contributed by atoms with Crippen molar-refractivity contribution in [2.45, 2.75) is 12.5 Å². The summed E-state index contributed by atoms with van der Waals surface area (Å²) in [6.07, 6.45) is 3.39. The van der Waals surface area contributed by atoms with Crippen molar-refractivity contribution < 1.29 is 10.2 Å². The van der Waals surface area contributed by atoms with E-state index in [0.29, 0.717) is 5.69 Å². The lowest BCUT2D eigenvalue weighted by Crippen LogP contribution is -2.42. The zero-order valence-corrected chi connectivity index (χ0v) is 10.2. The number of aliphatic hydroxyl groups excluding tert-OH is 2. The first-order valence-electron chi connectivity index (χ1n) is 5.72. The van der Waals surface area contributed by atoms with E-state index in [1.807, 2.05) is 12.1 Å². The van der Waals surface area contributed by atoms with E-state index in [0.717, 1.165) is 16.5 Å². The van der Waals surface area contributed by atoms with E-state index < -0.39 is 5.54 Å². The van der Waals surface area contributed by atoms with Crippen molar-refractivity contribution in [2.24, 2.45) is 0 Å². The normalized spacial score (nSPS) is 11.7. The zero-order valence-electron chi connectivity index (χ0n) is 10.2. The molecule has 18 heavy (non-hydrogen) atoms. The van der Waals surface area contributed by atoms with Crippen LogP contribution in [0.15, 0.2) is 30.6 Å². The predicted octanol–water partition coefficient (Wildman–Crippen LogP) is 0.972. The van der Waals surface area contributed by atoms with Crippen LogP contribution in [-0.4, -0.2) is 33.9 Å². The van der Waals surface area contributed by atoms with Gasteiger partial charge >= 0.3 is 0 Å². The van der Waals surface area contributed by atoms with Crippen LogP contribution in [0.25, 0.3) is 10.8 Å². The van der Waals surface area contributed by atoms with Crippen LogP contribution in [0.4, 0.5) is 11.4 Å². The molecule has 5 nitrogen and oxygen atoms in total. The Balaban J connectivity index is 2.49. The Labute approximate surface area is 105 Å². The second-order valence-corrected chi connectivity index (χ2v) is 4.63. The molecule has 96 valence electrons. The molecule has 0 aliphatic heterocycles. The first-order valence-corrected chi connectivity index (χ1v) is 5.72. The second kappa shape index (κ2) is 4.80. The van der Waals surface area contributed by atoms with Gasteiger partial charge < -0.3 is 21.3 Å². The summed E-state index contributed by atoms with van der Waals surface area (Å²) in [7, 11) is 0. The Bertz CT molecular complexity index is 553. The molecule has 2 aromatic rings. The lowest BCUT2D eigenvalue weighted by atomic mass is 10.0. The number of rotatable bonds is 4. The molecule has 0 amide bonds. The first-order chi connectivity index (χ1) is 8.59. The van der Waals surface area contributed by atoms with Crippen LogP contribution >= 0.6 is 0 Å². The highest BCUT2D eigenvalue weighted by Gasteiger charge is 2.22. The van der Waals surface area contributed by atoms with Crippen LogP contribution in [0.2, 0.25) is 0 Å². The average Bonchev–Trinajstić information content (AvgIpc) is 2.42. The lowest BCUT2D eigenvalue weighted by molar-refractivity contribution is 0.147. The van der Waals surface area contributed by atoms with Gasteiger partial charge in [0.15, 0.2) is 0 Å². The molecular weight excluding hydrogens is 230 g/mol. The van der Waals surface area contributed by atoms with Crippen LogP contribution in [0.1, 0.15) is 6.92 Å². The quantitative estimate of drug-likeness (QED) is 0.604. The zero-order chi connectivity index (χ0) is 13.2. The minimum atomic E-state index is -0.779. The largest absolute Gasteiger partial charge is 0.398 e. The third kappa shape index (κ3) is 2.23. The minimum absolute atomic E-state index is 0.171. The van der Waals surface area contributed by atoms with Gasteiger partial charge in [0.25, 0.3) is 0 Å². The van der Waals surface area contributed by atoms with Crippen LogP contribution in [0.5, 0.6) is 0 Å². The van der Waals surface area contributed by atoms with Gasteiger partial charge in [-0.3, -0.25) is 4.98 Å². The van der Waals surface area contributed by atoms with Gasteiger partial charge in [-0.2, -0.15) is 0 Å². The monoisotopic (exact) mass is 247 g/mol. The molecule has 0 aliphatic rings. The molecule has 0 fully saturated rings. The molecule has 0 radical (unpaired) electrons. The molecule has 2 rings (SSSR count). The first kappa shape index (κ1) is 12.6. The summed E-state index contributed by atoms with van der Waals surface area (Å²) >= 11 is 0. The van der Waals surface area contributed by atoms with E-state index in [1.165, 1.54) is 0 Å². The number of hydrogen-bond donors (Lipinski definition) is 4. The molecule has 5 N–H and O–H groups in total. The van der Waals surface area contributed by atoms with Crippen molar-refractivity contribution in [1.82, 2.24) is 4.98 Å². The number of benzene rings is 1. The average molecular weight is 247 g/mol. The fourth-order valence-electron chi connectivity index (χ4n) is 1.78. The highest BCUT2D eigenvalue weighted by atomic mass is 16.3. The van der Waals surface area contributed by atoms with E-state index in [1.54, 1.807) is 25.4 Å². The van der Waals surface area contributed by atoms with E-state index in [-0.39, 0.29) is 13.2 Å². The molecule has 0 aliphatic carbocycles. The molecule has 0 saturated carbocycles. The minimum Gasteiger partial charge on any atom is -0.398 e. The molecule has 0 saturated heterocycles. The SMILES string of the molecule is CC(CO)(CO)Nc1ccc(N)c2ccncc12. The van der Waals surface area contributed by atoms with Crippen LogP contribution < -0.4 is 11.1 Å². The van der Waals surface area contributed by atoms with Gasteiger partial charge in [-0.05, 0) is 25.1 Å².